The third kappa shape index (κ3) is 8.91. The minimum absolute atomic E-state index is 0.203. The van der Waals surface area contributed by atoms with E-state index in [1.807, 2.05) is 17.3 Å². The van der Waals surface area contributed by atoms with Gasteiger partial charge in [-0.2, -0.15) is 0 Å². The molecule has 0 aliphatic rings. The summed E-state index contributed by atoms with van der Waals surface area (Å²) in [6.07, 6.45) is 0. The summed E-state index contributed by atoms with van der Waals surface area (Å²) < 4.78 is 97.1. The molecule has 42 heavy (non-hydrogen) atoms. The van der Waals surface area contributed by atoms with Crippen molar-refractivity contribution < 1.29 is 47.7 Å². The van der Waals surface area contributed by atoms with Gasteiger partial charge in [0.25, 0.3) is 0 Å². The standard InChI is InChI=1S/C20H13F5N2O2S.C10H14.ClH.Ru/c21-13-14(22)16(24)20(17(25)15(13)23)30(28,29)27-19(12-9-5-2-6-10-12)18(26)11-7-3-1-4-8-11;1-8(2)10-6-4-9(3)5-7-10;;/h1-10,18-19,26H;4-8H,1-3H3;1H;/q-2;;;+3/p-1/t18-,19-;;;/m0.../s1. The van der Waals surface area contributed by atoms with Crippen LogP contribution in [0, 0.1) is 36.0 Å². The summed E-state index contributed by atoms with van der Waals surface area (Å²) in [4.78, 5) is -2.06. The van der Waals surface area contributed by atoms with E-state index in [0.29, 0.717) is 11.5 Å². The van der Waals surface area contributed by atoms with Crippen LogP contribution in [0.3, 0.4) is 0 Å². The van der Waals surface area contributed by atoms with Gasteiger partial charge in [-0.1, -0.05) is 115 Å². The van der Waals surface area contributed by atoms with Crippen LogP contribution in [0.25, 0.3) is 10.5 Å². The quantitative estimate of drug-likeness (QED) is 0.0829. The van der Waals surface area contributed by atoms with Crippen LogP contribution in [0.4, 0.5) is 22.0 Å². The van der Waals surface area contributed by atoms with Crippen LogP contribution in [0.2, 0.25) is 0 Å². The molecule has 12 heteroatoms. The van der Waals surface area contributed by atoms with Gasteiger partial charge < -0.3 is 10.5 Å². The monoisotopic (exact) mass is 711 g/mol. The van der Waals surface area contributed by atoms with Crippen LogP contribution in [-0.4, -0.2) is 8.42 Å². The Balaban J connectivity index is 0.000000431. The van der Waals surface area contributed by atoms with E-state index < -0.39 is 56.1 Å². The first-order valence-corrected chi connectivity index (χ1v) is 16.0. The third-order valence-corrected chi connectivity index (χ3v) is 7.42. The zero-order valence-corrected chi connectivity index (χ0v) is 25.9. The van der Waals surface area contributed by atoms with E-state index in [-0.39, 0.29) is 5.56 Å². The first-order valence-electron chi connectivity index (χ1n) is 12.3. The number of hydrogen-bond acceptors (Lipinski definition) is 2. The zero-order valence-electron chi connectivity index (χ0n) is 22.6. The third-order valence-electron chi connectivity index (χ3n) is 6.04. The van der Waals surface area contributed by atoms with E-state index in [4.69, 9.17) is 5.73 Å². The Labute approximate surface area is 256 Å². The Bertz CT molecular complexity index is 1520. The van der Waals surface area contributed by atoms with Crippen molar-refractivity contribution in [3.63, 3.8) is 0 Å². The van der Waals surface area contributed by atoms with E-state index in [1.54, 1.807) is 24.3 Å². The summed E-state index contributed by atoms with van der Waals surface area (Å²) in [5, 5.41) is 0. The molecule has 0 aliphatic carbocycles. The van der Waals surface area contributed by atoms with Crippen molar-refractivity contribution in [2.45, 2.75) is 43.7 Å². The molecule has 0 amide bonds. The molecule has 1 N–H and O–H groups in total. The van der Waals surface area contributed by atoms with Crippen molar-refractivity contribution in [2.24, 2.45) is 0 Å². The molecule has 0 saturated heterocycles. The Morgan fingerprint density at radius 1 is 0.667 bits per heavy atom. The van der Waals surface area contributed by atoms with Crippen LogP contribution >= 0.6 is 9.69 Å². The molecule has 4 rings (SSSR count). The van der Waals surface area contributed by atoms with Crippen molar-refractivity contribution >= 4 is 19.7 Å². The second kappa shape index (κ2) is 16.2. The molecule has 0 aromatic heterocycles. The molecular formula is C30H27ClF5N2O2RuS. The molecule has 0 fully saturated rings. The zero-order chi connectivity index (χ0) is 31.6. The van der Waals surface area contributed by atoms with Crippen LogP contribution in [0.15, 0.2) is 89.8 Å². The van der Waals surface area contributed by atoms with Gasteiger partial charge in [-0.05, 0) is 18.4 Å². The molecule has 0 radical (unpaired) electrons. The summed E-state index contributed by atoms with van der Waals surface area (Å²) in [6, 6.07) is 21.3. The predicted octanol–water partition coefficient (Wildman–Crippen LogP) is 9.78. The maximum Gasteiger partial charge on any atom is 0.200 e. The van der Waals surface area contributed by atoms with E-state index >= 15 is 0 Å². The Hall–Kier alpha value is -2.69. The molecule has 0 spiro atoms. The summed E-state index contributed by atoms with van der Waals surface area (Å²) in [5.74, 6) is -11.6. The van der Waals surface area contributed by atoms with Gasteiger partial charge >= 0.3 is 27.0 Å². The SMILES string of the molecule is Cc1ccc(C(C)C)cc1.[Cl][Ru+2].[NH-][C@@H](c1ccccc1)[C@@H]([N-]S(=O)(=O)c1c(F)c(F)c(F)c(F)c1F)c1ccccc1. The first kappa shape index (κ1) is 35.5. The Morgan fingerprint density at radius 3 is 1.50 bits per heavy atom. The molecule has 0 aliphatic heterocycles. The van der Waals surface area contributed by atoms with Gasteiger partial charge in [-0.15, -0.1) is 12.1 Å². The fraction of sp³-hybridized carbons (Fsp3) is 0.200. The molecule has 0 bridgehead atoms. The van der Waals surface area contributed by atoms with Crippen molar-refractivity contribution in [1.29, 1.82) is 0 Å². The summed E-state index contributed by atoms with van der Waals surface area (Å²) in [6.45, 7) is 6.54. The van der Waals surface area contributed by atoms with E-state index in [2.05, 4.69) is 59.4 Å². The van der Waals surface area contributed by atoms with E-state index in [9.17, 15) is 30.4 Å². The first-order chi connectivity index (χ1) is 19.8. The minimum atomic E-state index is -5.38. The number of nitrogens with zero attached hydrogens (tertiary/aromatic N) is 1. The van der Waals surface area contributed by atoms with Gasteiger partial charge in [-0.3, -0.25) is 0 Å². The van der Waals surface area contributed by atoms with Crippen molar-refractivity contribution in [2.75, 3.05) is 0 Å². The van der Waals surface area contributed by atoms with Gasteiger partial charge in [-0.25, -0.2) is 30.4 Å². The Kier molecular flexibility index (Phi) is 13.7. The van der Waals surface area contributed by atoms with Gasteiger partial charge in [0.05, 0.1) is 0 Å². The van der Waals surface area contributed by atoms with Crippen molar-refractivity contribution in [3.05, 3.63) is 147 Å². The van der Waals surface area contributed by atoms with E-state index in [1.165, 1.54) is 47.5 Å². The van der Waals surface area contributed by atoms with Crippen molar-refractivity contribution in [1.82, 2.24) is 0 Å². The molecule has 4 aromatic rings. The van der Waals surface area contributed by atoms with Gasteiger partial charge in [0.2, 0.25) is 5.82 Å². The molecule has 2 atom stereocenters. The minimum Gasteiger partial charge on any atom is -0.672 e. The normalized spacial score (nSPS) is 12.5. The fourth-order valence-electron chi connectivity index (χ4n) is 3.77. The molecule has 4 aromatic carbocycles. The van der Waals surface area contributed by atoms with Crippen molar-refractivity contribution in [3.8, 4) is 0 Å². The smallest absolute Gasteiger partial charge is 0.200 e. The largest absolute Gasteiger partial charge is 0.672 e. The van der Waals surface area contributed by atoms with Gasteiger partial charge in [0.15, 0.2) is 23.3 Å². The second-order valence-corrected chi connectivity index (χ2v) is 10.9. The maximum atomic E-state index is 14.1. The molecule has 225 valence electrons. The number of hydrogen-bond donors (Lipinski definition) is 0. The average Bonchev–Trinajstić information content (AvgIpc) is 3.00. The Morgan fingerprint density at radius 2 is 1.07 bits per heavy atom. The molecule has 4 nitrogen and oxygen atoms in total. The van der Waals surface area contributed by atoms with Crippen LogP contribution in [0.5, 0.6) is 0 Å². The maximum absolute atomic E-state index is 14.1. The second-order valence-electron chi connectivity index (χ2n) is 9.29. The topological polar surface area (TPSA) is 72.0 Å². The van der Waals surface area contributed by atoms with E-state index in [0.717, 1.165) is 0 Å². The summed E-state index contributed by atoms with van der Waals surface area (Å²) in [7, 11) is -0.807. The van der Waals surface area contributed by atoms with Crippen LogP contribution in [-0.2, 0) is 27.3 Å². The number of benzene rings is 4. The molecule has 0 saturated carbocycles. The van der Waals surface area contributed by atoms with Crippen LogP contribution in [0.1, 0.15) is 54.1 Å². The number of halogens is 6. The van der Waals surface area contributed by atoms with Gasteiger partial charge in [0, 0.05) is 0 Å². The van der Waals surface area contributed by atoms with Crippen LogP contribution < -0.4 is 0 Å². The molecule has 0 unspecified atom stereocenters. The average molecular weight is 711 g/mol. The number of aryl methyl sites for hydroxylation is 1. The number of nitrogens with one attached hydrogen (secondary N) is 1. The number of rotatable bonds is 7. The summed E-state index contributed by atoms with van der Waals surface area (Å²) >= 11 is 1.82. The fourth-order valence-corrected chi connectivity index (χ4v) is 5.05. The predicted molar refractivity (Wildman–Crippen MR) is 151 cm³/mol. The number of sulfonamides is 1. The molecule has 0 heterocycles. The molecular weight excluding hydrogens is 684 g/mol. The van der Waals surface area contributed by atoms with Gasteiger partial charge in [0.1, 0.15) is 14.9 Å². The summed E-state index contributed by atoms with van der Waals surface area (Å²) in [5.41, 5.74) is 11.7.